The number of ether oxygens (including phenoxy) is 1. The van der Waals surface area contributed by atoms with E-state index in [-0.39, 0.29) is 6.10 Å². The molecule has 1 atom stereocenters. The molecule has 3 rings (SSSR count). The average Bonchev–Trinajstić information content (AvgIpc) is 2.81. The van der Waals surface area contributed by atoms with E-state index in [1.54, 1.807) is 10.9 Å². The number of aryl methyl sites for hydroxylation is 1. The topological polar surface area (TPSA) is 79.9 Å². The summed E-state index contributed by atoms with van der Waals surface area (Å²) in [4.78, 5) is 10.9. The van der Waals surface area contributed by atoms with Crippen molar-refractivity contribution in [3.63, 3.8) is 0 Å². The normalized spacial score (nSPS) is 20.1. The lowest BCUT2D eigenvalue weighted by Crippen LogP contribution is -2.41. The molecule has 8 heteroatoms. The van der Waals surface area contributed by atoms with E-state index in [1.807, 2.05) is 7.05 Å². The molecule has 104 valence electrons. The summed E-state index contributed by atoms with van der Waals surface area (Å²) in [5.41, 5.74) is 0.713. The zero-order chi connectivity index (χ0) is 14.1. The van der Waals surface area contributed by atoms with Crippen molar-refractivity contribution in [1.29, 1.82) is 5.26 Å². The molecule has 0 saturated carbocycles. The van der Waals surface area contributed by atoms with Gasteiger partial charge in [0.1, 0.15) is 11.0 Å². The molecular formula is C12H13ClN6O. The van der Waals surface area contributed by atoms with Crippen molar-refractivity contribution in [3.8, 4) is 6.07 Å². The standard InChI is InChI=1S/C12H13ClN6O/c1-18-12-9(5-15-18)11(13)16-10(17-12)7-19-2-3-20-8(4-14)6-19/h5,8H,2-3,6-7H2,1H3. The molecule has 1 saturated heterocycles. The second-order valence-corrected chi connectivity index (χ2v) is 5.02. The maximum absolute atomic E-state index is 8.90. The zero-order valence-corrected chi connectivity index (χ0v) is 11.7. The molecule has 0 radical (unpaired) electrons. The third kappa shape index (κ3) is 2.45. The highest BCUT2D eigenvalue weighted by Crippen LogP contribution is 2.20. The second-order valence-electron chi connectivity index (χ2n) is 4.66. The molecular weight excluding hydrogens is 280 g/mol. The number of hydrogen-bond acceptors (Lipinski definition) is 6. The van der Waals surface area contributed by atoms with Crippen LogP contribution in [-0.2, 0) is 18.3 Å². The molecule has 0 aliphatic carbocycles. The number of nitrogens with zero attached hydrogens (tertiary/aromatic N) is 6. The first-order valence-corrected chi connectivity index (χ1v) is 6.63. The molecule has 7 nitrogen and oxygen atoms in total. The van der Waals surface area contributed by atoms with Crippen LogP contribution in [0.4, 0.5) is 0 Å². The summed E-state index contributed by atoms with van der Waals surface area (Å²) in [5, 5.41) is 14.2. The number of morpholine rings is 1. The highest BCUT2D eigenvalue weighted by molar-refractivity contribution is 6.33. The Morgan fingerprint density at radius 1 is 1.55 bits per heavy atom. The van der Waals surface area contributed by atoms with Crippen LogP contribution in [0.1, 0.15) is 5.82 Å². The fraction of sp³-hybridized carbons (Fsp3) is 0.500. The summed E-state index contributed by atoms with van der Waals surface area (Å²) in [6, 6.07) is 2.12. The van der Waals surface area contributed by atoms with Crippen LogP contribution < -0.4 is 0 Å². The fourth-order valence-electron chi connectivity index (χ4n) is 2.22. The lowest BCUT2D eigenvalue weighted by atomic mass is 10.3. The van der Waals surface area contributed by atoms with Gasteiger partial charge in [0.15, 0.2) is 11.8 Å². The Hall–Kier alpha value is -1.75. The number of halogens is 1. The summed E-state index contributed by atoms with van der Waals surface area (Å²) in [6.07, 6.45) is 1.27. The Labute approximate surface area is 120 Å². The van der Waals surface area contributed by atoms with Crippen molar-refractivity contribution in [2.45, 2.75) is 12.6 Å². The van der Waals surface area contributed by atoms with Gasteiger partial charge in [0.25, 0.3) is 0 Å². The summed E-state index contributed by atoms with van der Waals surface area (Å²) in [6.45, 7) is 2.39. The van der Waals surface area contributed by atoms with Crippen LogP contribution in [0.5, 0.6) is 0 Å². The summed E-state index contributed by atoms with van der Waals surface area (Å²) >= 11 is 6.15. The van der Waals surface area contributed by atoms with Gasteiger partial charge in [-0.1, -0.05) is 11.6 Å². The highest BCUT2D eigenvalue weighted by atomic mass is 35.5. The smallest absolute Gasteiger partial charge is 0.162 e. The zero-order valence-electron chi connectivity index (χ0n) is 11.0. The minimum atomic E-state index is -0.389. The van der Waals surface area contributed by atoms with Crippen LogP contribution in [-0.4, -0.2) is 50.4 Å². The average molecular weight is 293 g/mol. The van der Waals surface area contributed by atoms with Gasteiger partial charge in [-0.25, -0.2) is 9.97 Å². The Morgan fingerprint density at radius 2 is 2.40 bits per heavy atom. The monoisotopic (exact) mass is 292 g/mol. The molecule has 0 N–H and O–H groups in total. The Kier molecular flexibility index (Phi) is 3.53. The molecule has 0 spiro atoms. The molecule has 2 aromatic rings. The van der Waals surface area contributed by atoms with Crippen molar-refractivity contribution in [2.24, 2.45) is 7.05 Å². The van der Waals surface area contributed by atoms with Crippen LogP contribution in [0.25, 0.3) is 11.0 Å². The van der Waals surface area contributed by atoms with Crippen molar-refractivity contribution >= 4 is 22.6 Å². The van der Waals surface area contributed by atoms with E-state index in [4.69, 9.17) is 21.6 Å². The molecule has 3 heterocycles. The van der Waals surface area contributed by atoms with Gasteiger partial charge in [0.2, 0.25) is 0 Å². The lowest BCUT2D eigenvalue weighted by Gasteiger charge is -2.28. The predicted octanol–water partition coefficient (Wildman–Crippen LogP) is 0.741. The van der Waals surface area contributed by atoms with Crippen LogP contribution in [0.3, 0.4) is 0 Å². The van der Waals surface area contributed by atoms with E-state index in [1.165, 1.54) is 0 Å². The van der Waals surface area contributed by atoms with Crippen LogP contribution in [0, 0.1) is 11.3 Å². The van der Waals surface area contributed by atoms with E-state index in [0.29, 0.717) is 36.3 Å². The van der Waals surface area contributed by atoms with Crippen molar-refractivity contribution in [2.75, 3.05) is 19.7 Å². The van der Waals surface area contributed by atoms with Gasteiger partial charge in [-0.3, -0.25) is 9.58 Å². The molecule has 2 aromatic heterocycles. The van der Waals surface area contributed by atoms with Gasteiger partial charge in [-0.15, -0.1) is 0 Å². The van der Waals surface area contributed by atoms with Crippen molar-refractivity contribution in [3.05, 3.63) is 17.2 Å². The van der Waals surface area contributed by atoms with E-state index in [2.05, 4.69) is 26.0 Å². The number of rotatable bonds is 2. The third-order valence-electron chi connectivity index (χ3n) is 3.25. The van der Waals surface area contributed by atoms with Gasteiger partial charge >= 0.3 is 0 Å². The number of fused-ring (bicyclic) bond motifs is 1. The Bertz CT molecular complexity index is 678. The van der Waals surface area contributed by atoms with E-state index < -0.39 is 0 Å². The van der Waals surface area contributed by atoms with E-state index >= 15 is 0 Å². The SMILES string of the molecule is Cn1ncc2c(Cl)nc(CN3CCOC(C#N)C3)nc21. The lowest BCUT2D eigenvalue weighted by molar-refractivity contribution is -0.00355. The maximum Gasteiger partial charge on any atom is 0.162 e. The van der Waals surface area contributed by atoms with Crippen LogP contribution in [0.2, 0.25) is 5.15 Å². The van der Waals surface area contributed by atoms with Crippen molar-refractivity contribution in [1.82, 2.24) is 24.6 Å². The molecule has 1 aliphatic heterocycles. The number of nitriles is 1. The summed E-state index contributed by atoms with van der Waals surface area (Å²) in [5.74, 6) is 0.629. The first-order valence-electron chi connectivity index (χ1n) is 6.25. The second kappa shape index (κ2) is 5.32. The van der Waals surface area contributed by atoms with E-state index in [0.717, 1.165) is 11.9 Å². The third-order valence-corrected chi connectivity index (χ3v) is 3.54. The Balaban J connectivity index is 1.84. The first-order chi connectivity index (χ1) is 9.67. The van der Waals surface area contributed by atoms with Crippen LogP contribution in [0.15, 0.2) is 6.20 Å². The Morgan fingerprint density at radius 3 is 3.20 bits per heavy atom. The first kappa shape index (κ1) is 13.2. The number of hydrogen-bond donors (Lipinski definition) is 0. The molecule has 1 aliphatic rings. The highest BCUT2D eigenvalue weighted by Gasteiger charge is 2.21. The molecule has 0 aromatic carbocycles. The van der Waals surface area contributed by atoms with Gasteiger partial charge in [-0.05, 0) is 0 Å². The van der Waals surface area contributed by atoms with Gasteiger partial charge in [0.05, 0.1) is 30.8 Å². The summed E-state index contributed by atoms with van der Waals surface area (Å²) in [7, 11) is 1.82. The van der Waals surface area contributed by atoms with Gasteiger partial charge in [-0.2, -0.15) is 10.4 Å². The quantitative estimate of drug-likeness (QED) is 0.760. The molecule has 0 bridgehead atoms. The minimum absolute atomic E-state index is 0.389. The molecule has 1 fully saturated rings. The van der Waals surface area contributed by atoms with E-state index in [9.17, 15) is 0 Å². The fourth-order valence-corrected chi connectivity index (χ4v) is 2.46. The summed E-state index contributed by atoms with van der Waals surface area (Å²) < 4.78 is 6.98. The number of aromatic nitrogens is 4. The molecule has 1 unspecified atom stereocenters. The van der Waals surface area contributed by atoms with Crippen LogP contribution >= 0.6 is 11.6 Å². The van der Waals surface area contributed by atoms with Gasteiger partial charge < -0.3 is 4.74 Å². The van der Waals surface area contributed by atoms with Crippen molar-refractivity contribution < 1.29 is 4.74 Å². The minimum Gasteiger partial charge on any atom is -0.361 e. The van der Waals surface area contributed by atoms with Gasteiger partial charge in [0, 0.05) is 20.1 Å². The molecule has 20 heavy (non-hydrogen) atoms. The predicted molar refractivity (Wildman–Crippen MR) is 71.9 cm³/mol. The maximum atomic E-state index is 8.90. The largest absolute Gasteiger partial charge is 0.361 e. The molecule has 0 amide bonds.